The molecule has 192 valence electrons. The van der Waals surface area contributed by atoms with E-state index in [1.165, 1.54) is 12.1 Å². The molecular weight excluding hydrogens is 503 g/mol. The molecule has 2 heterocycles. The number of fused-ring (bicyclic) bond motifs is 2. The van der Waals surface area contributed by atoms with Gasteiger partial charge in [0.15, 0.2) is 11.3 Å². The molecule has 0 aliphatic rings. The summed E-state index contributed by atoms with van der Waals surface area (Å²) >= 11 is 0. The van der Waals surface area contributed by atoms with E-state index in [0.717, 1.165) is 23.7 Å². The van der Waals surface area contributed by atoms with Gasteiger partial charge in [-0.1, -0.05) is 42.5 Å². The Morgan fingerprint density at radius 2 is 1.87 bits per heavy atom. The molecular formula is C26H18F3N5O4. The summed E-state index contributed by atoms with van der Waals surface area (Å²) in [4.78, 5) is 28.4. The molecule has 9 nitrogen and oxygen atoms in total. The monoisotopic (exact) mass is 521 g/mol. The van der Waals surface area contributed by atoms with Crippen molar-refractivity contribution < 1.29 is 27.6 Å². The van der Waals surface area contributed by atoms with E-state index < -0.39 is 28.4 Å². The fourth-order valence-corrected chi connectivity index (χ4v) is 4.13. The van der Waals surface area contributed by atoms with Crippen molar-refractivity contribution in [3.05, 3.63) is 94.3 Å². The number of carbonyl (C=O) groups excluding carboxylic acids is 1. The van der Waals surface area contributed by atoms with Crippen LogP contribution in [0.15, 0.2) is 72.9 Å². The SMILES string of the molecule is CCOc1ccc(NC(=O)c2cnn3c(C(F)(F)F)cc(-c4cccc5ccccc45)nc23)c([N+](=O)[O-])c1. The Morgan fingerprint density at radius 3 is 2.61 bits per heavy atom. The van der Waals surface area contributed by atoms with Gasteiger partial charge in [-0.15, -0.1) is 0 Å². The minimum atomic E-state index is -4.81. The number of nitrogens with one attached hydrogen (secondary N) is 1. The zero-order valence-electron chi connectivity index (χ0n) is 19.7. The highest BCUT2D eigenvalue weighted by Gasteiger charge is 2.36. The lowest BCUT2D eigenvalue weighted by Crippen LogP contribution is -2.16. The van der Waals surface area contributed by atoms with Crippen LogP contribution in [0.25, 0.3) is 27.7 Å². The molecule has 1 amide bonds. The standard InChI is InChI=1S/C26H18F3N5O4/c1-2-38-16-10-11-20(22(12-16)34(36)37)32-25(35)19-14-30-33-23(26(27,28)29)13-21(31-24(19)33)18-9-5-7-15-6-3-4-8-17(15)18/h3-14H,2H2,1H3,(H,32,35). The van der Waals surface area contributed by atoms with Crippen LogP contribution in [0.1, 0.15) is 23.0 Å². The number of aromatic nitrogens is 3. The Morgan fingerprint density at radius 1 is 1.11 bits per heavy atom. The van der Waals surface area contributed by atoms with Gasteiger partial charge >= 0.3 is 6.18 Å². The summed E-state index contributed by atoms with van der Waals surface area (Å²) in [7, 11) is 0. The van der Waals surface area contributed by atoms with Crippen LogP contribution in [0.5, 0.6) is 5.75 Å². The zero-order valence-corrected chi connectivity index (χ0v) is 19.7. The van der Waals surface area contributed by atoms with Gasteiger partial charge in [0.05, 0.1) is 29.5 Å². The van der Waals surface area contributed by atoms with E-state index in [1.807, 2.05) is 18.2 Å². The van der Waals surface area contributed by atoms with E-state index in [-0.39, 0.29) is 34.9 Å². The first-order chi connectivity index (χ1) is 18.2. The first kappa shape index (κ1) is 24.7. The number of nitro benzene ring substituents is 1. The smallest absolute Gasteiger partial charge is 0.433 e. The number of anilines is 1. The van der Waals surface area contributed by atoms with Crippen LogP contribution in [0, 0.1) is 10.1 Å². The van der Waals surface area contributed by atoms with Crippen molar-refractivity contribution in [1.82, 2.24) is 14.6 Å². The molecule has 3 aromatic carbocycles. The molecule has 12 heteroatoms. The zero-order chi connectivity index (χ0) is 27.0. The van der Waals surface area contributed by atoms with Gasteiger partial charge in [-0.2, -0.15) is 18.3 Å². The Labute approximate surface area is 212 Å². The van der Waals surface area contributed by atoms with Gasteiger partial charge in [-0.25, -0.2) is 9.50 Å². The lowest BCUT2D eigenvalue weighted by Gasteiger charge is -2.13. The maximum Gasteiger partial charge on any atom is 0.433 e. The van der Waals surface area contributed by atoms with E-state index in [4.69, 9.17) is 4.74 Å². The number of nitro groups is 1. The normalized spacial score (nSPS) is 11.6. The van der Waals surface area contributed by atoms with Crippen LogP contribution < -0.4 is 10.1 Å². The number of carbonyl (C=O) groups is 1. The van der Waals surface area contributed by atoms with Gasteiger partial charge in [-0.3, -0.25) is 14.9 Å². The average molecular weight is 521 g/mol. The summed E-state index contributed by atoms with van der Waals surface area (Å²) in [5, 5.41) is 19.2. The molecule has 38 heavy (non-hydrogen) atoms. The largest absolute Gasteiger partial charge is 0.494 e. The molecule has 0 atom stereocenters. The van der Waals surface area contributed by atoms with Crippen molar-refractivity contribution in [3.8, 4) is 17.0 Å². The maximum absolute atomic E-state index is 14.1. The number of alkyl halides is 3. The fourth-order valence-electron chi connectivity index (χ4n) is 4.13. The Hall–Kier alpha value is -5.00. The quantitative estimate of drug-likeness (QED) is 0.213. The van der Waals surface area contributed by atoms with Crippen LogP contribution in [-0.4, -0.2) is 32.0 Å². The summed E-state index contributed by atoms with van der Waals surface area (Å²) in [6, 6.07) is 17.1. The highest BCUT2D eigenvalue weighted by Crippen LogP contribution is 2.35. The lowest BCUT2D eigenvalue weighted by atomic mass is 10.0. The molecule has 2 aromatic heterocycles. The lowest BCUT2D eigenvalue weighted by molar-refractivity contribution is -0.384. The molecule has 0 saturated carbocycles. The van der Waals surface area contributed by atoms with Gasteiger partial charge in [-0.05, 0) is 35.9 Å². The molecule has 0 bridgehead atoms. The van der Waals surface area contributed by atoms with Gasteiger partial charge in [0.2, 0.25) is 0 Å². The molecule has 0 aliphatic heterocycles. The summed E-state index contributed by atoms with van der Waals surface area (Å²) in [5.74, 6) is -0.688. The number of hydrogen-bond donors (Lipinski definition) is 1. The van der Waals surface area contributed by atoms with Crippen LogP contribution >= 0.6 is 0 Å². The Bertz CT molecular complexity index is 1710. The number of halogens is 3. The molecule has 0 spiro atoms. The summed E-state index contributed by atoms with van der Waals surface area (Å²) in [6.07, 6.45) is -3.87. The van der Waals surface area contributed by atoms with Crippen LogP contribution in [0.2, 0.25) is 0 Å². The molecule has 5 rings (SSSR count). The summed E-state index contributed by atoms with van der Waals surface area (Å²) in [6.45, 7) is 1.99. The van der Waals surface area contributed by atoms with Gasteiger partial charge in [0, 0.05) is 5.56 Å². The van der Waals surface area contributed by atoms with Gasteiger partial charge in [0.25, 0.3) is 11.6 Å². The number of rotatable bonds is 6. The highest BCUT2D eigenvalue weighted by atomic mass is 19.4. The number of hydrogen-bond acceptors (Lipinski definition) is 6. The van der Waals surface area contributed by atoms with E-state index in [9.17, 15) is 28.1 Å². The second-order valence-corrected chi connectivity index (χ2v) is 8.17. The Balaban J connectivity index is 1.64. The third kappa shape index (κ3) is 4.47. The number of amides is 1. The predicted octanol–water partition coefficient (Wildman–Crippen LogP) is 6.13. The minimum Gasteiger partial charge on any atom is -0.494 e. The van der Waals surface area contributed by atoms with Crippen molar-refractivity contribution in [2.75, 3.05) is 11.9 Å². The molecule has 0 aliphatic carbocycles. The fraction of sp³-hybridized carbons (Fsp3) is 0.115. The third-order valence-electron chi connectivity index (χ3n) is 5.80. The number of benzene rings is 3. The average Bonchev–Trinajstić information content (AvgIpc) is 3.32. The molecule has 1 N–H and O–H groups in total. The number of nitrogens with zero attached hydrogens (tertiary/aromatic N) is 4. The summed E-state index contributed by atoms with van der Waals surface area (Å²) in [5.41, 5.74) is -1.95. The second kappa shape index (κ2) is 9.47. The highest BCUT2D eigenvalue weighted by molar-refractivity contribution is 6.09. The Kier molecular flexibility index (Phi) is 6.15. The van der Waals surface area contributed by atoms with Crippen molar-refractivity contribution in [2.24, 2.45) is 0 Å². The topological polar surface area (TPSA) is 112 Å². The van der Waals surface area contributed by atoms with Crippen molar-refractivity contribution in [2.45, 2.75) is 13.1 Å². The van der Waals surface area contributed by atoms with Crippen molar-refractivity contribution in [1.29, 1.82) is 0 Å². The van der Waals surface area contributed by atoms with Crippen LogP contribution in [0.3, 0.4) is 0 Å². The second-order valence-electron chi connectivity index (χ2n) is 8.17. The minimum absolute atomic E-state index is 0.0109. The molecule has 0 radical (unpaired) electrons. The van der Waals surface area contributed by atoms with Crippen molar-refractivity contribution in [3.63, 3.8) is 0 Å². The number of ether oxygens (including phenoxy) is 1. The first-order valence-electron chi connectivity index (χ1n) is 11.3. The van der Waals surface area contributed by atoms with Gasteiger partial charge < -0.3 is 10.1 Å². The predicted molar refractivity (Wildman–Crippen MR) is 133 cm³/mol. The van der Waals surface area contributed by atoms with Crippen molar-refractivity contribution >= 4 is 33.7 Å². The molecule has 5 aromatic rings. The van der Waals surface area contributed by atoms with Crippen LogP contribution in [-0.2, 0) is 6.18 Å². The molecule has 0 fully saturated rings. The summed E-state index contributed by atoms with van der Waals surface area (Å²) < 4.78 is 48.0. The first-order valence-corrected chi connectivity index (χ1v) is 11.3. The van der Waals surface area contributed by atoms with E-state index >= 15 is 0 Å². The maximum atomic E-state index is 14.1. The van der Waals surface area contributed by atoms with E-state index in [2.05, 4.69) is 15.4 Å². The molecule has 0 unspecified atom stereocenters. The molecule has 0 saturated heterocycles. The van der Waals surface area contributed by atoms with E-state index in [0.29, 0.717) is 15.5 Å². The van der Waals surface area contributed by atoms with Crippen LogP contribution in [0.4, 0.5) is 24.5 Å². The third-order valence-corrected chi connectivity index (χ3v) is 5.80. The van der Waals surface area contributed by atoms with E-state index in [1.54, 1.807) is 31.2 Å². The van der Waals surface area contributed by atoms with Gasteiger partial charge in [0.1, 0.15) is 17.0 Å².